The lowest BCUT2D eigenvalue weighted by Crippen LogP contribution is -2.22. The highest BCUT2D eigenvalue weighted by Gasteiger charge is 2.24. The maximum atomic E-state index is 11.4. The van der Waals surface area contributed by atoms with Gasteiger partial charge in [-0.2, -0.15) is 0 Å². The van der Waals surface area contributed by atoms with Crippen LogP contribution in [-0.4, -0.2) is 29.7 Å². The van der Waals surface area contributed by atoms with E-state index in [1.807, 2.05) is 0 Å². The SMILES string of the molecule is CN(c1ccc(C2CC2)cc1)c1ccc2c(c1)CNC2CNc1cnccc1C(=O)O. The van der Waals surface area contributed by atoms with E-state index >= 15 is 0 Å². The lowest BCUT2D eigenvalue weighted by molar-refractivity contribution is 0.0698. The zero-order valence-electron chi connectivity index (χ0n) is 17.5. The molecular formula is C25H26N4O2. The molecule has 3 N–H and O–H groups in total. The molecule has 1 aromatic heterocycles. The third-order valence-corrected chi connectivity index (χ3v) is 6.31. The van der Waals surface area contributed by atoms with Gasteiger partial charge in [-0.15, -0.1) is 0 Å². The van der Waals surface area contributed by atoms with Gasteiger partial charge in [-0.3, -0.25) is 4.98 Å². The number of anilines is 3. The fraction of sp³-hybridized carbons (Fsp3) is 0.280. The quantitative estimate of drug-likeness (QED) is 0.521. The highest BCUT2D eigenvalue weighted by Crippen LogP contribution is 2.41. The lowest BCUT2D eigenvalue weighted by atomic mass is 10.0. The van der Waals surface area contributed by atoms with Crippen LogP contribution in [0.3, 0.4) is 0 Å². The van der Waals surface area contributed by atoms with Crippen LogP contribution in [0.25, 0.3) is 0 Å². The van der Waals surface area contributed by atoms with Crippen LogP contribution in [-0.2, 0) is 6.54 Å². The summed E-state index contributed by atoms with van der Waals surface area (Å²) >= 11 is 0. The van der Waals surface area contributed by atoms with Gasteiger partial charge in [0.25, 0.3) is 0 Å². The molecule has 3 aromatic rings. The van der Waals surface area contributed by atoms with E-state index in [1.54, 1.807) is 6.20 Å². The summed E-state index contributed by atoms with van der Waals surface area (Å²) in [6.07, 6.45) is 5.70. The zero-order valence-corrected chi connectivity index (χ0v) is 17.5. The van der Waals surface area contributed by atoms with Gasteiger partial charge in [-0.25, -0.2) is 4.79 Å². The van der Waals surface area contributed by atoms with Gasteiger partial charge in [0.05, 0.1) is 23.5 Å². The number of carboxylic acid groups (broad SMARTS) is 1. The normalized spacial score (nSPS) is 17.3. The van der Waals surface area contributed by atoms with E-state index in [4.69, 9.17) is 0 Å². The van der Waals surface area contributed by atoms with Crippen molar-refractivity contribution in [2.45, 2.75) is 31.3 Å². The molecule has 158 valence electrons. The number of nitrogens with one attached hydrogen (secondary N) is 2. The van der Waals surface area contributed by atoms with Crippen LogP contribution in [0, 0.1) is 0 Å². The van der Waals surface area contributed by atoms with Crippen LogP contribution in [0.2, 0.25) is 0 Å². The first-order valence-corrected chi connectivity index (χ1v) is 10.7. The molecule has 1 atom stereocenters. The Morgan fingerprint density at radius 2 is 1.94 bits per heavy atom. The Morgan fingerprint density at radius 1 is 1.16 bits per heavy atom. The summed E-state index contributed by atoms with van der Waals surface area (Å²) in [6.45, 7) is 1.39. The summed E-state index contributed by atoms with van der Waals surface area (Å²) < 4.78 is 0. The van der Waals surface area contributed by atoms with Crippen molar-refractivity contribution >= 4 is 23.0 Å². The van der Waals surface area contributed by atoms with Gasteiger partial charge in [0.2, 0.25) is 0 Å². The van der Waals surface area contributed by atoms with Crippen molar-refractivity contribution in [3.63, 3.8) is 0 Å². The predicted molar refractivity (Wildman–Crippen MR) is 122 cm³/mol. The number of pyridine rings is 1. The van der Waals surface area contributed by atoms with Crippen LogP contribution >= 0.6 is 0 Å². The Labute approximate surface area is 181 Å². The van der Waals surface area contributed by atoms with Gasteiger partial charge in [-0.05, 0) is 65.8 Å². The first-order chi connectivity index (χ1) is 15.1. The van der Waals surface area contributed by atoms with Crippen LogP contribution in [0.1, 0.15) is 51.8 Å². The second kappa shape index (κ2) is 8.04. The van der Waals surface area contributed by atoms with E-state index in [-0.39, 0.29) is 11.6 Å². The molecule has 2 aliphatic rings. The molecule has 1 aliphatic carbocycles. The molecule has 6 nitrogen and oxygen atoms in total. The van der Waals surface area contributed by atoms with Crippen molar-refractivity contribution in [1.82, 2.24) is 10.3 Å². The van der Waals surface area contributed by atoms with Crippen molar-refractivity contribution in [2.75, 3.05) is 23.8 Å². The Hall–Kier alpha value is -3.38. The summed E-state index contributed by atoms with van der Waals surface area (Å²) in [5.41, 5.74) is 7.09. The van der Waals surface area contributed by atoms with Crippen molar-refractivity contribution in [3.05, 3.63) is 83.2 Å². The molecule has 0 radical (unpaired) electrons. The Morgan fingerprint density at radius 3 is 2.68 bits per heavy atom. The van der Waals surface area contributed by atoms with Crippen LogP contribution in [0.15, 0.2) is 60.9 Å². The molecule has 2 aromatic carbocycles. The first kappa shape index (κ1) is 19.6. The topological polar surface area (TPSA) is 77.5 Å². The molecule has 2 heterocycles. The van der Waals surface area contributed by atoms with Gasteiger partial charge < -0.3 is 20.6 Å². The minimum atomic E-state index is -0.956. The molecule has 5 rings (SSSR count). The smallest absolute Gasteiger partial charge is 0.337 e. The molecule has 1 aliphatic heterocycles. The van der Waals surface area contributed by atoms with E-state index in [0.29, 0.717) is 12.2 Å². The third-order valence-electron chi connectivity index (χ3n) is 6.31. The number of carboxylic acids is 1. The van der Waals surface area contributed by atoms with Crippen LogP contribution in [0.5, 0.6) is 0 Å². The predicted octanol–water partition coefficient (Wildman–Crippen LogP) is 4.68. The van der Waals surface area contributed by atoms with Crippen molar-refractivity contribution in [2.24, 2.45) is 0 Å². The number of aromatic carboxylic acids is 1. The Kier molecular flexibility index (Phi) is 5.08. The molecule has 0 amide bonds. The highest BCUT2D eigenvalue weighted by molar-refractivity contribution is 5.93. The van der Waals surface area contributed by atoms with Gasteiger partial charge in [0.15, 0.2) is 0 Å². The van der Waals surface area contributed by atoms with Gasteiger partial charge in [-0.1, -0.05) is 18.2 Å². The highest BCUT2D eigenvalue weighted by atomic mass is 16.4. The molecule has 0 spiro atoms. The first-order valence-electron chi connectivity index (χ1n) is 10.7. The second-order valence-corrected chi connectivity index (χ2v) is 8.35. The van der Waals surface area contributed by atoms with Crippen LogP contribution < -0.4 is 15.5 Å². The number of hydrogen-bond acceptors (Lipinski definition) is 5. The monoisotopic (exact) mass is 414 g/mol. The van der Waals surface area contributed by atoms with E-state index < -0.39 is 5.97 Å². The van der Waals surface area contributed by atoms with Crippen molar-refractivity contribution in [1.29, 1.82) is 0 Å². The molecule has 31 heavy (non-hydrogen) atoms. The molecule has 0 saturated heterocycles. The van der Waals surface area contributed by atoms with Gasteiger partial charge in [0, 0.05) is 37.7 Å². The summed E-state index contributed by atoms with van der Waals surface area (Å²) in [4.78, 5) is 17.7. The minimum absolute atomic E-state index is 0.119. The number of rotatable bonds is 7. The molecule has 1 fully saturated rings. The Bertz CT molecular complexity index is 1110. The fourth-order valence-electron chi connectivity index (χ4n) is 4.29. The maximum absolute atomic E-state index is 11.4. The Balaban J connectivity index is 1.29. The molecule has 0 bridgehead atoms. The summed E-state index contributed by atoms with van der Waals surface area (Å²) in [5.74, 6) is -0.184. The largest absolute Gasteiger partial charge is 0.478 e. The van der Waals surface area contributed by atoms with Crippen molar-refractivity contribution in [3.8, 4) is 0 Å². The second-order valence-electron chi connectivity index (χ2n) is 8.35. The summed E-state index contributed by atoms with van der Waals surface area (Å²) in [7, 11) is 2.10. The van der Waals surface area contributed by atoms with Crippen molar-refractivity contribution < 1.29 is 9.90 Å². The van der Waals surface area contributed by atoms with E-state index in [1.165, 1.54) is 47.5 Å². The zero-order chi connectivity index (χ0) is 21.4. The van der Waals surface area contributed by atoms with Crippen LogP contribution in [0.4, 0.5) is 17.1 Å². The number of nitrogens with zero attached hydrogens (tertiary/aromatic N) is 2. The minimum Gasteiger partial charge on any atom is -0.478 e. The standard InChI is InChI=1S/C25H26N4O2/c1-29(19-6-4-17(5-7-19)16-2-3-16)20-8-9-21-18(12-20)13-27-24(21)15-28-23-14-26-11-10-22(23)25(30)31/h4-12,14,16,24,27-28H,2-3,13,15H2,1H3,(H,30,31). The van der Waals surface area contributed by atoms with E-state index in [0.717, 1.165) is 18.2 Å². The molecular weight excluding hydrogens is 388 g/mol. The number of benzene rings is 2. The molecule has 6 heteroatoms. The third kappa shape index (κ3) is 3.99. The molecule has 1 unspecified atom stereocenters. The van der Waals surface area contributed by atoms with Gasteiger partial charge >= 0.3 is 5.97 Å². The lowest BCUT2D eigenvalue weighted by Gasteiger charge is -2.21. The summed E-state index contributed by atoms with van der Waals surface area (Å²) in [6, 6.07) is 17.1. The number of hydrogen-bond donors (Lipinski definition) is 3. The fourth-order valence-corrected chi connectivity index (χ4v) is 4.29. The van der Waals surface area contributed by atoms with Gasteiger partial charge in [0.1, 0.15) is 0 Å². The van der Waals surface area contributed by atoms with E-state index in [9.17, 15) is 9.90 Å². The van der Waals surface area contributed by atoms with E-state index in [2.05, 4.69) is 70.0 Å². The number of fused-ring (bicyclic) bond motifs is 1. The average molecular weight is 415 g/mol. The molecule has 1 saturated carbocycles. The number of aromatic nitrogens is 1. The maximum Gasteiger partial charge on any atom is 0.337 e. The number of carbonyl (C=O) groups is 1. The summed E-state index contributed by atoms with van der Waals surface area (Å²) in [5, 5.41) is 16.1. The average Bonchev–Trinajstić information content (AvgIpc) is 3.57.